The van der Waals surface area contributed by atoms with Crippen LogP contribution in [0.5, 0.6) is 17.2 Å². The zero-order chi connectivity index (χ0) is 23.1. The number of fused-ring (bicyclic) bond motifs is 1. The van der Waals surface area contributed by atoms with Crippen molar-refractivity contribution in [1.82, 2.24) is 9.62 Å². The van der Waals surface area contributed by atoms with Crippen molar-refractivity contribution in [3.63, 3.8) is 0 Å². The lowest BCUT2D eigenvalue weighted by Crippen LogP contribution is -2.32. The summed E-state index contributed by atoms with van der Waals surface area (Å²) in [5, 5.41) is 0. The Morgan fingerprint density at radius 2 is 1.66 bits per heavy atom. The molecule has 0 aliphatic carbocycles. The van der Waals surface area contributed by atoms with E-state index in [0.29, 0.717) is 5.75 Å². The maximum Gasteiger partial charge on any atom is 0.161 e. The van der Waals surface area contributed by atoms with Gasteiger partial charge >= 0.3 is 0 Å². The fourth-order valence-corrected chi connectivity index (χ4v) is 6.41. The maximum absolute atomic E-state index is 13.2. The molecule has 1 N–H and O–H groups in total. The first kappa shape index (κ1) is 25.0. The van der Waals surface area contributed by atoms with Crippen LogP contribution >= 0.6 is 15.9 Å². The number of methoxy groups -OCH3 is 3. The number of halogens is 1. The first-order valence-corrected chi connectivity index (χ1v) is 14.0. The Morgan fingerprint density at radius 3 is 2.34 bits per heavy atom. The number of ether oxygens (including phenoxy) is 3. The van der Waals surface area contributed by atoms with Crippen molar-refractivity contribution in [3.05, 3.63) is 45.9 Å². The summed E-state index contributed by atoms with van der Waals surface area (Å²) in [6.07, 6.45) is 6.01. The van der Waals surface area contributed by atoms with E-state index in [1.54, 1.807) is 27.6 Å². The third-order valence-electron chi connectivity index (χ3n) is 5.96. The van der Waals surface area contributed by atoms with Crippen molar-refractivity contribution in [2.45, 2.75) is 37.1 Å². The average Bonchev–Trinajstić information content (AvgIpc) is 2.80. The zero-order valence-corrected chi connectivity index (χ0v) is 21.9. The Labute approximate surface area is 201 Å². The highest BCUT2D eigenvalue weighted by molar-refractivity contribution is 9.10. The smallest absolute Gasteiger partial charge is 0.161 e. The van der Waals surface area contributed by atoms with E-state index in [-0.39, 0.29) is 0 Å². The van der Waals surface area contributed by atoms with E-state index in [1.165, 1.54) is 11.1 Å². The fraction of sp³-hybridized carbons (Fsp3) is 0.500. The predicted molar refractivity (Wildman–Crippen MR) is 135 cm³/mol. The second-order valence-corrected chi connectivity index (χ2v) is 11.8. The van der Waals surface area contributed by atoms with E-state index in [0.717, 1.165) is 72.7 Å². The molecule has 178 valence electrons. The van der Waals surface area contributed by atoms with Crippen LogP contribution in [0, 0.1) is 0 Å². The number of nitrogens with one attached hydrogen (secondary N) is 1. The Hall–Kier alpha value is -1.61. The van der Waals surface area contributed by atoms with Crippen LogP contribution in [-0.4, -0.2) is 56.3 Å². The molecule has 0 saturated carbocycles. The molecule has 0 saturated heterocycles. The summed E-state index contributed by atoms with van der Waals surface area (Å²) < 4.78 is 33.7. The minimum Gasteiger partial charge on any atom is -0.496 e. The van der Waals surface area contributed by atoms with Gasteiger partial charge in [0.05, 0.1) is 26.2 Å². The van der Waals surface area contributed by atoms with Gasteiger partial charge in [0.15, 0.2) is 11.5 Å². The van der Waals surface area contributed by atoms with Crippen molar-refractivity contribution in [2.24, 2.45) is 0 Å². The molecule has 8 heteroatoms. The van der Waals surface area contributed by atoms with Gasteiger partial charge < -0.3 is 14.2 Å². The van der Waals surface area contributed by atoms with Gasteiger partial charge in [0.2, 0.25) is 0 Å². The first-order valence-electron chi connectivity index (χ1n) is 11.0. The van der Waals surface area contributed by atoms with Crippen molar-refractivity contribution in [3.8, 4) is 17.2 Å². The van der Waals surface area contributed by atoms with Gasteiger partial charge in [0.25, 0.3) is 0 Å². The number of hydrogen-bond donors (Lipinski definition) is 2. The molecule has 0 bridgehead atoms. The van der Waals surface area contributed by atoms with Gasteiger partial charge in [0, 0.05) is 30.4 Å². The first-order chi connectivity index (χ1) is 15.4. The maximum atomic E-state index is 13.2. The predicted octanol–water partition coefficient (Wildman–Crippen LogP) is 4.21. The second kappa shape index (κ2) is 11.5. The van der Waals surface area contributed by atoms with Gasteiger partial charge in [-0.05, 0) is 77.4 Å². The Kier molecular flexibility index (Phi) is 8.99. The normalized spacial score (nSPS) is 14.7. The van der Waals surface area contributed by atoms with Gasteiger partial charge in [0.1, 0.15) is 5.75 Å². The van der Waals surface area contributed by atoms with Crippen LogP contribution < -0.4 is 18.9 Å². The number of hydrogen-bond acceptors (Lipinski definition) is 5. The van der Waals surface area contributed by atoms with Crippen LogP contribution in [0.25, 0.3) is 0 Å². The molecule has 0 spiro atoms. The minimum absolute atomic E-state index is 0.658. The van der Waals surface area contributed by atoms with Gasteiger partial charge in [-0.1, -0.05) is 22.4 Å². The monoisotopic (exact) mass is 526 g/mol. The average molecular weight is 528 g/mol. The van der Waals surface area contributed by atoms with E-state index in [9.17, 15) is 4.21 Å². The van der Waals surface area contributed by atoms with E-state index < -0.39 is 10.1 Å². The summed E-state index contributed by atoms with van der Waals surface area (Å²) in [5.41, 5.74) is 2.68. The largest absolute Gasteiger partial charge is 0.496 e. The van der Waals surface area contributed by atoms with Crippen LogP contribution in [0.1, 0.15) is 30.4 Å². The molecule has 1 heterocycles. The molecule has 2 aromatic carbocycles. The van der Waals surface area contributed by atoms with Gasteiger partial charge in [-0.2, -0.15) is 0 Å². The standard InChI is InChI=1S/C24H35BrN2O4S/c1-29-21-9-8-20(25)16-24(21)32(4,28)26-11-6-5-7-12-27-13-10-18-14-22(30-2)23(31-3)15-19(18)17-27/h8-9,14-16,32H,5-7,10-13,17H2,1-4H3,(H,26,28). The van der Waals surface area contributed by atoms with Crippen LogP contribution in [0.2, 0.25) is 0 Å². The number of unbranched alkanes of at least 4 members (excludes halogenated alkanes) is 2. The lowest BCUT2D eigenvalue weighted by atomic mass is 9.98. The molecule has 32 heavy (non-hydrogen) atoms. The summed E-state index contributed by atoms with van der Waals surface area (Å²) in [7, 11) is 2.28. The molecule has 0 fully saturated rings. The number of benzene rings is 2. The highest BCUT2D eigenvalue weighted by Gasteiger charge is 2.19. The van der Waals surface area contributed by atoms with E-state index in [4.69, 9.17) is 14.2 Å². The quantitative estimate of drug-likeness (QED) is 0.339. The Morgan fingerprint density at radius 1 is 0.969 bits per heavy atom. The van der Waals surface area contributed by atoms with Crippen molar-refractivity contribution in [1.29, 1.82) is 0 Å². The SMILES string of the molecule is COc1cc2c(cc1OC)CN(CCCCCN[SH](C)(=O)c1cc(Br)ccc1OC)CC2. The van der Waals surface area contributed by atoms with Gasteiger partial charge in [-0.25, -0.2) is 0 Å². The molecule has 1 aliphatic rings. The summed E-state index contributed by atoms with van der Waals surface area (Å²) in [4.78, 5) is 3.23. The van der Waals surface area contributed by atoms with Crippen LogP contribution in [-0.2, 0) is 23.1 Å². The third kappa shape index (κ3) is 6.25. The molecule has 0 amide bonds. The topological polar surface area (TPSA) is 60.0 Å². The highest BCUT2D eigenvalue weighted by atomic mass is 79.9. The molecule has 6 nitrogen and oxygen atoms in total. The molecular weight excluding hydrogens is 492 g/mol. The number of thiol groups is 1. The molecule has 0 aromatic heterocycles. The lowest BCUT2D eigenvalue weighted by Gasteiger charge is -2.29. The minimum atomic E-state index is -2.69. The molecule has 0 unspecified atom stereocenters. The molecule has 0 radical (unpaired) electrons. The van der Waals surface area contributed by atoms with Crippen LogP contribution in [0.4, 0.5) is 0 Å². The summed E-state index contributed by atoms with van der Waals surface area (Å²) in [5.74, 6) is 2.26. The van der Waals surface area contributed by atoms with Crippen LogP contribution in [0.3, 0.4) is 0 Å². The molecule has 2 aromatic rings. The van der Waals surface area contributed by atoms with Crippen molar-refractivity contribution < 1.29 is 18.4 Å². The van der Waals surface area contributed by atoms with Crippen molar-refractivity contribution >= 4 is 26.0 Å². The second-order valence-electron chi connectivity index (χ2n) is 8.21. The van der Waals surface area contributed by atoms with E-state index in [1.807, 2.05) is 18.2 Å². The van der Waals surface area contributed by atoms with Crippen molar-refractivity contribution in [2.75, 3.05) is 47.2 Å². The molecular formula is C24H35BrN2O4S. The van der Waals surface area contributed by atoms with Crippen LogP contribution in [0.15, 0.2) is 39.7 Å². The summed E-state index contributed by atoms with van der Waals surface area (Å²) in [6, 6.07) is 9.85. The molecule has 3 rings (SSSR count). The Balaban J connectivity index is 1.43. The van der Waals surface area contributed by atoms with Gasteiger partial charge in [-0.15, -0.1) is 0 Å². The molecule has 1 aliphatic heterocycles. The fourth-order valence-electron chi connectivity index (χ4n) is 4.14. The zero-order valence-electron chi connectivity index (χ0n) is 19.4. The molecule has 0 atom stereocenters. The summed E-state index contributed by atoms with van der Waals surface area (Å²) in [6.45, 7) is 3.80. The number of nitrogens with zero attached hydrogens (tertiary/aromatic N) is 1. The number of rotatable bonds is 11. The highest BCUT2D eigenvalue weighted by Crippen LogP contribution is 2.33. The Bertz CT molecular complexity index is 969. The third-order valence-corrected chi connectivity index (χ3v) is 8.55. The van der Waals surface area contributed by atoms with E-state index in [2.05, 4.69) is 37.7 Å². The lowest BCUT2D eigenvalue weighted by molar-refractivity contribution is 0.247. The van der Waals surface area contributed by atoms with Gasteiger partial charge in [-0.3, -0.25) is 13.8 Å². The summed E-state index contributed by atoms with van der Waals surface area (Å²) >= 11 is 3.46. The van der Waals surface area contributed by atoms with E-state index >= 15 is 0 Å².